The highest BCUT2D eigenvalue weighted by Crippen LogP contribution is 2.29. The summed E-state index contributed by atoms with van der Waals surface area (Å²) < 4.78 is 33.6. The zero-order chi connectivity index (χ0) is 24.0. The zero-order valence-corrected chi connectivity index (χ0v) is 18.8. The lowest BCUT2D eigenvalue weighted by molar-refractivity contribution is -0.385. The monoisotopic (exact) mass is 490 g/mol. The Kier molecular flexibility index (Phi) is 7.36. The molecule has 172 valence electrons. The molecular weight excluding hydrogens is 472 g/mol. The quantitative estimate of drug-likeness (QED) is 0.226. The van der Waals surface area contributed by atoms with Gasteiger partial charge in [-0.25, -0.2) is 8.42 Å². The molecule has 10 nitrogen and oxygen atoms in total. The van der Waals surface area contributed by atoms with E-state index in [1.165, 1.54) is 42.6 Å². The summed E-state index contributed by atoms with van der Waals surface area (Å²) in [6, 6.07) is 13.8. The summed E-state index contributed by atoms with van der Waals surface area (Å²) in [4.78, 5) is 10.1. The van der Waals surface area contributed by atoms with E-state index in [2.05, 4.69) is 15.2 Å². The van der Waals surface area contributed by atoms with Crippen LogP contribution in [0.1, 0.15) is 12.5 Å². The topological polar surface area (TPSA) is 143 Å². The summed E-state index contributed by atoms with van der Waals surface area (Å²) >= 11 is 5.82. The highest BCUT2D eigenvalue weighted by Gasteiger charge is 2.22. The second kappa shape index (κ2) is 10.2. The maximum Gasteiger partial charge on any atom is 0.270 e. The molecule has 3 rings (SSSR count). The maximum atomic E-state index is 13.0. The van der Waals surface area contributed by atoms with Gasteiger partial charge in [-0.05, 0) is 61.0 Å². The number of halogens is 1. The molecule has 0 aliphatic heterocycles. The van der Waals surface area contributed by atoms with E-state index in [9.17, 15) is 23.6 Å². The van der Waals surface area contributed by atoms with Crippen molar-refractivity contribution in [3.63, 3.8) is 0 Å². The van der Waals surface area contributed by atoms with E-state index in [4.69, 9.17) is 16.3 Å². The number of non-ortho nitro benzene ring substituents is 1. The number of hydrogen-bond acceptors (Lipinski definition) is 8. The molecule has 33 heavy (non-hydrogen) atoms. The lowest BCUT2D eigenvalue weighted by Crippen LogP contribution is -2.15. The molecule has 0 spiro atoms. The third kappa shape index (κ3) is 6.11. The average molecular weight is 491 g/mol. The van der Waals surface area contributed by atoms with Crippen molar-refractivity contribution in [3.05, 3.63) is 81.4 Å². The largest absolute Gasteiger partial charge is 0.504 e. The lowest BCUT2D eigenvalue weighted by Gasteiger charge is -2.12. The van der Waals surface area contributed by atoms with Crippen LogP contribution in [0.15, 0.2) is 70.7 Å². The van der Waals surface area contributed by atoms with Crippen molar-refractivity contribution in [3.8, 4) is 11.5 Å². The standard InChI is InChI=1S/C21H19ClN4O6S/c1-2-32-20-11-14(3-10-19(20)27)13-23-24-18-9-8-17(26(28)29)12-21(18)33(30,31)25-16-6-4-15(22)5-7-16/h3-13,24-25,27H,2H2,1H3/b23-13+. The molecule has 0 amide bonds. The van der Waals surface area contributed by atoms with Crippen molar-refractivity contribution in [1.82, 2.24) is 0 Å². The Morgan fingerprint density at radius 3 is 2.55 bits per heavy atom. The Hall–Kier alpha value is -3.83. The van der Waals surface area contributed by atoms with Gasteiger partial charge in [0.1, 0.15) is 4.90 Å². The second-order valence-corrected chi connectivity index (χ2v) is 8.67. The van der Waals surface area contributed by atoms with Gasteiger partial charge < -0.3 is 9.84 Å². The van der Waals surface area contributed by atoms with Gasteiger partial charge in [0.2, 0.25) is 0 Å². The molecule has 0 aliphatic rings. The minimum Gasteiger partial charge on any atom is -0.504 e. The first-order valence-electron chi connectivity index (χ1n) is 9.51. The normalized spacial score (nSPS) is 11.3. The van der Waals surface area contributed by atoms with Gasteiger partial charge in [-0.3, -0.25) is 20.3 Å². The van der Waals surface area contributed by atoms with Gasteiger partial charge in [0.25, 0.3) is 15.7 Å². The molecule has 3 aromatic rings. The first-order valence-corrected chi connectivity index (χ1v) is 11.4. The van der Waals surface area contributed by atoms with Crippen LogP contribution in [0.2, 0.25) is 5.02 Å². The van der Waals surface area contributed by atoms with Gasteiger partial charge in [-0.2, -0.15) is 5.10 Å². The third-order valence-electron chi connectivity index (χ3n) is 4.24. The summed E-state index contributed by atoms with van der Waals surface area (Å²) in [5, 5.41) is 25.4. The molecule has 0 radical (unpaired) electrons. The van der Waals surface area contributed by atoms with Crippen LogP contribution in [0.5, 0.6) is 11.5 Å². The molecule has 0 bridgehead atoms. The zero-order valence-electron chi connectivity index (χ0n) is 17.2. The number of hydrogen-bond donors (Lipinski definition) is 3. The van der Waals surface area contributed by atoms with Crippen LogP contribution >= 0.6 is 11.6 Å². The summed E-state index contributed by atoms with van der Waals surface area (Å²) in [5.41, 5.74) is 3.01. The molecule has 3 aromatic carbocycles. The van der Waals surface area contributed by atoms with E-state index >= 15 is 0 Å². The van der Waals surface area contributed by atoms with Crippen LogP contribution in [0, 0.1) is 10.1 Å². The molecule has 12 heteroatoms. The molecule has 0 unspecified atom stereocenters. The molecule has 0 saturated carbocycles. The van der Waals surface area contributed by atoms with Gasteiger partial charge in [-0.15, -0.1) is 0 Å². The van der Waals surface area contributed by atoms with E-state index < -0.39 is 20.6 Å². The number of nitrogens with one attached hydrogen (secondary N) is 2. The number of nitro benzene ring substituents is 1. The summed E-state index contributed by atoms with van der Waals surface area (Å²) in [6.07, 6.45) is 1.38. The average Bonchev–Trinajstić information content (AvgIpc) is 2.77. The first kappa shape index (κ1) is 23.8. The van der Waals surface area contributed by atoms with Crippen LogP contribution in [-0.2, 0) is 10.0 Å². The smallest absolute Gasteiger partial charge is 0.270 e. The van der Waals surface area contributed by atoms with Crippen LogP contribution in [0.3, 0.4) is 0 Å². The number of nitrogens with zero attached hydrogens (tertiary/aromatic N) is 2. The minimum atomic E-state index is -4.21. The second-order valence-electron chi connectivity index (χ2n) is 6.58. The minimum absolute atomic E-state index is 0.0159. The number of hydrazone groups is 1. The van der Waals surface area contributed by atoms with Gasteiger partial charge in [0, 0.05) is 22.8 Å². The number of phenolic OH excluding ortho intramolecular Hbond substituents is 1. The van der Waals surface area contributed by atoms with E-state index in [0.717, 1.165) is 12.1 Å². The number of anilines is 2. The number of nitro groups is 1. The van der Waals surface area contributed by atoms with E-state index in [-0.39, 0.29) is 27.8 Å². The molecule has 0 heterocycles. The highest BCUT2D eigenvalue weighted by molar-refractivity contribution is 7.92. The Bertz CT molecular complexity index is 1300. The third-order valence-corrected chi connectivity index (χ3v) is 5.92. The van der Waals surface area contributed by atoms with Crippen LogP contribution in [0.25, 0.3) is 0 Å². The number of aromatic hydroxyl groups is 1. The van der Waals surface area contributed by atoms with Crippen molar-refractivity contribution in [2.24, 2.45) is 5.10 Å². The first-order chi connectivity index (χ1) is 15.7. The van der Waals surface area contributed by atoms with Crippen LogP contribution < -0.4 is 14.9 Å². The Balaban J connectivity index is 1.90. The van der Waals surface area contributed by atoms with E-state index in [0.29, 0.717) is 17.2 Å². The van der Waals surface area contributed by atoms with Crippen LogP contribution in [0.4, 0.5) is 17.1 Å². The fraction of sp³-hybridized carbons (Fsp3) is 0.0952. The fourth-order valence-corrected chi connectivity index (χ4v) is 4.09. The number of ether oxygens (including phenoxy) is 1. The summed E-state index contributed by atoms with van der Waals surface area (Å²) in [6.45, 7) is 2.13. The van der Waals surface area contributed by atoms with Crippen molar-refractivity contribution in [2.75, 3.05) is 16.8 Å². The fourth-order valence-electron chi connectivity index (χ4n) is 2.73. The molecular formula is C21H19ClN4O6S. The van der Waals surface area contributed by atoms with E-state index in [1.807, 2.05) is 0 Å². The van der Waals surface area contributed by atoms with Gasteiger partial charge in [-0.1, -0.05) is 11.6 Å². The van der Waals surface area contributed by atoms with Gasteiger partial charge >= 0.3 is 0 Å². The molecule has 0 saturated heterocycles. The number of phenols is 1. The lowest BCUT2D eigenvalue weighted by atomic mass is 10.2. The van der Waals surface area contributed by atoms with Gasteiger partial charge in [0.15, 0.2) is 11.5 Å². The van der Waals surface area contributed by atoms with Gasteiger partial charge in [0.05, 0.1) is 23.4 Å². The number of rotatable bonds is 9. The van der Waals surface area contributed by atoms with Crippen molar-refractivity contribution >= 4 is 44.9 Å². The Morgan fingerprint density at radius 1 is 1.15 bits per heavy atom. The summed E-state index contributed by atoms with van der Waals surface area (Å²) in [7, 11) is -4.21. The molecule has 0 atom stereocenters. The predicted octanol–water partition coefficient (Wildman–Crippen LogP) is 4.60. The van der Waals surface area contributed by atoms with Crippen molar-refractivity contribution < 1.29 is 23.2 Å². The molecule has 3 N–H and O–H groups in total. The Labute approximate surface area is 194 Å². The number of sulfonamides is 1. The SMILES string of the molecule is CCOc1cc(/C=N/Nc2ccc([N+](=O)[O-])cc2S(=O)(=O)Nc2ccc(Cl)cc2)ccc1O. The highest BCUT2D eigenvalue weighted by atomic mass is 35.5. The van der Waals surface area contributed by atoms with E-state index in [1.54, 1.807) is 19.1 Å². The predicted molar refractivity (Wildman–Crippen MR) is 126 cm³/mol. The van der Waals surface area contributed by atoms with Crippen LogP contribution in [-0.4, -0.2) is 31.3 Å². The van der Waals surface area contributed by atoms with Crippen molar-refractivity contribution in [2.45, 2.75) is 11.8 Å². The summed E-state index contributed by atoms with van der Waals surface area (Å²) in [5.74, 6) is 0.242. The number of benzene rings is 3. The molecule has 0 fully saturated rings. The maximum absolute atomic E-state index is 13.0. The Morgan fingerprint density at radius 2 is 1.88 bits per heavy atom. The molecule has 0 aromatic heterocycles. The van der Waals surface area contributed by atoms with Crippen molar-refractivity contribution in [1.29, 1.82) is 0 Å². The molecule has 0 aliphatic carbocycles.